The average molecular weight is 322 g/mol. The molecule has 2 bridgehead atoms. The van der Waals surface area contributed by atoms with Gasteiger partial charge in [-0.15, -0.1) is 0 Å². The Labute approximate surface area is 138 Å². The van der Waals surface area contributed by atoms with Gasteiger partial charge in [-0.05, 0) is 37.5 Å². The van der Waals surface area contributed by atoms with Crippen LogP contribution in [-0.4, -0.2) is 67.4 Å². The third-order valence-electron chi connectivity index (χ3n) is 5.98. The van der Waals surface area contributed by atoms with Gasteiger partial charge in [-0.1, -0.05) is 6.42 Å². The second-order valence-corrected chi connectivity index (χ2v) is 7.52. The van der Waals surface area contributed by atoms with Crippen LogP contribution in [0.15, 0.2) is 0 Å². The van der Waals surface area contributed by atoms with Gasteiger partial charge < -0.3 is 20.9 Å². The van der Waals surface area contributed by atoms with Crippen LogP contribution < -0.4 is 11.1 Å². The maximum absolute atomic E-state index is 12.8. The number of nitrogens with two attached hydrogens (primary N) is 1. The monoisotopic (exact) mass is 322 g/mol. The summed E-state index contributed by atoms with van der Waals surface area (Å²) in [6.45, 7) is 3.36. The Balaban J connectivity index is 1.54. The maximum atomic E-state index is 12.8. The summed E-state index contributed by atoms with van der Waals surface area (Å²) in [6.07, 6.45) is 5.38. The van der Waals surface area contributed by atoms with Gasteiger partial charge in [-0.2, -0.15) is 0 Å². The van der Waals surface area contributed by atoms with E-state index in [4.69, 9.17) is 5.73 Å². The van der Waals surface area contributed by atoms with Crippen molar-refractivity contribution in [2.75, 3.05) is 39.8 Å². The highest BCUT2D eigenvalue weighted by molar-refractivity contribution is 5.86. The van der Waals surface area contributed by atoms with Crippen molar-refractivity contribution in [3.8, 4) is 0 Å². The van der Waals surface area contributed by atoms with Crippen LogP contribution in [0.4, 0.5) is 0 Å². The molecular weight excluding hydrogens is 292 g/mol. The van der Waals surface area contributed by atoms with Crippen molar-refractivity contribution in [2.45, 2.75) is 38.1 Å². The highest BCUT2D eigenvalue weighted by Gasteiger charge is 2.41. The minimum absolute atomic E-state index is 0.0610. The van der Waals surface area contributed by atoms with Crippen LogP contribution in [0.2, 0.25) is 0 Å². The molecule has 0 aromatic rings. The first kappa shape index (κ1) is 16.7. The second-order valence-electron chi connectivity index (χ2n) is 7.52. The molecule has 3 rings (SSSR count). The van der Waals surface area contributed by atoms with Gasteiger partial charge in [-0.25, -0.2) is 0 Å². The third kappa shape index (κ3) is 3.69. The number of rotatable bonds is 3. The van der Waals surface area contributed by atoms with Crippen molar-refractivity contribution in [3.05, 3.63) is 0 Å². The van der Waals surface area contributed by atoms with Crippen LogP contribution in [0.5, 0.6) is 0 Å². The van der Waals surface area contributed by atoms with Gasteiger partial charge in [-0.3, -0.25) is 9.59 Å². The van der Waals surface area contributed by atoms with E-state index in [1.54, 1.807) is 11.9 Å². The summed E-state index contributed by atoms with van der Waals surface area (Å²) in [5.41, 5.74) is 6.31. The Kier molecular flexibility index (Phi) is 5.21. The van der Waals surface area contributed by atoms with Gasteiger partial charge in [0.15, 0.2) is 0 Å². The van der Waals surface area contributed by atoms with Crippen LogP contribution in [0, 0.1) is 17.8 Å². The van der Waals surface area contributed by atoms with E-state index < -0.39 is 0 Å². The summed E-state index contributed by atoms with van der Waals surface area (Å²) in [5.74, 6) is 1.25. The first-order valence-electron chi connectivity index (χ1n) is 9.05. The summed E-state index contributed by atoms with van der Waals surface area (Å²) in [5, 5.41) is 3.24. The lowest BCUT2D eigenvalue weighted by molar-refractivity contribution is -0.143. The molecule has 6 nitrogen and oxygen atoms in total. The minimum atomic E-state index is 0.0610. The number of nitrogens with one attached hydrogen (secondary N) is 1. The number of hydrogen-bond donors (Lipinski definition) is 2. The molecule has 23 heavy (non-hydrogen) atoms. The molecule has 3 fully saturated rings. The smallest absolute Gasteiger partial charge is 0.242 e. The van der Waals surface area contributed by atoms with E-state index in [1.807, 2.05) is 4.90 Å². The number of likely N-dealkylation sites (N-methyl/N-ethyl adjacent to an activating group) is 1. The van der Waals surface area contributed by atoms with Crippen LogP contribution >= 0.6 is 0 Å². The van der Waals surface area contributed by atoms with Gasteiger partial charge in [0.1, 0.15) is 0 Å². The van der Waals surface area contributed by atoms with Gasteiger partial charge in [0.05, 0.1) is 6.54 Å². The van der Waals surface area contributed by atoms with E-state index in [1.165, 1.54) is 6.42 Å². The van der Waals surface area contributed by atoms with Crippen LogP contribution in [-0.2, 0) is 9.59 Å². The Hall–Kier alpha value is -1.14. The molecule has 0 aromatic heterocycles. The molecular formula is C17H30N4O2. The quantitative estimate of drug-likeness (QED) is 0.768. The molecule has 2 aliphatic carbocycles. The molecule has 1 aliphatic heterocycles. The lowest BCUT2D eigenvalue weighted by Gasteiger charge is -2.44. The Morgan fingerprint density at radius 2 is 1.78 bits per heavy atom. The molecule has 3 N–H and O–H groups in total. The van der Waals surface area contributed by atoms with E-state index in [2.05, 4.69) is 5.32 Å². The predicted molar refractivity (Wildman–Crippen MR) is 88.6 cm³/mol. The van der Waals surface area contributed by atoms with Gasteiger partial charge in [0.2, 0.25) is 11.8 Å². The summed E-state index contributed by atoms with van der Waals surface area (Å²) in [4.78, 5) is 28.6. The van der Waals surface area contributed by atoms with Gasteiger partial charge in [0, 0.05) is 45.2 Å². The fourth-order valence-corrected chi connectivity index (χ4v) is 4.60. The highest BCUT2D eigenvalue weighted by Crippen LogP contribution is 2.42. The van der Waals surface area contributed by atoms with Gasteiger partial charge in [0.25, 0.3) is 0 Å². The zero-order valence-electron chi connectivity index (χ0n) is 14.2. The summed E-state index contributed by atoms with van der Waals surface area (Å²) in [6, 6.07) is 0.278. The van der Waals surface area contributed by atoms with E-state index in [-0.39, 0.29) is 30.3 Å². The summed E-state index contributed by atoms with van der Waals surface area (Å²) >= 11 is 0. The number of carbonyl (C=O) groups is 2. The number of fused-ring (bicyclic) bond motifs is 2. The Bertz CT molecular complexity index is 436. The molecule has 6 heteroatoms. The molecule has 2 amide bonds. The Morgan fingerprint density at radius 1 is 1.17 bits per heavy atom. The largest absolute Gasteiger partial charge is 0.339 e. The van der Waals surface area contributed by atoms with Crippen molar-refractivity contribution < 1.29 is 9.59 Å². The highest BCUT2D eigenvalue weighted by atomic mass is 16.2. The molecule has 0 radical (unpaired) electrons. The van der Waals surface area contributed by atoms with Gasteiger partial charge >= 0.3 is 0 Å². The van der Waals surface area contributed by atoms with Crippen molar-refractivity contribution in [1.29, 1.82) is 0 Å². The van der Waals surface area contributed by atoms with E-state index in [9.17, 15) is 9.59 Å². The second kappa shape index (κ2) is 7.18. The standard InChI is InChI=1S/C17H30N4O2/c1-20(11-15(22)21-7-5-19-6-8-21)17(23)14-9-12-3-2-4-13(10-14)16(12)18/h12-14,16,19H,2-11,18H2,1H3. The normalized spacial score (nSPS) is 34.1. The van der Waals surface area contributed by atoms with E-state index in [0.29, 0.717) is 11.8 Å². The predicted octanol–water partition coefficient (Wildman–Crippen LogP) is 0.0302. The molecule has 3 aliphatic rings. The van der Waals surface area contributed by atoms with E-state index >= 15 is 0 Å². The zero-order chi connectivity index (χ0) is 16.4. The maximum Gasteiger partial charge on any atom is 0.242 e. The van der Waals surface area contributed by atoms with Crippen LogP contribution in [0.25, 0.3) is 0 Å². The first-order valence-corrected chi connectivity index (χ1v) is 9.05. The molecule has 130 valence electrons. The zero-order valence-corrected chi connectivity index (χ0v) is 14.2. The van der Waals surface area contributed by atoms with Crippen LogP contribution in [0.1, 0.15) is 32.1 Å². The molecule has 1 saturated heterocycles. The van der Waals surface area contributed by atoms with E-state index in [0.717, 1.165) is 51.9 Å². The SMILES string of the molecule is CN(CC(=O)N1CCNCC1)C(=O)C1CC2CCCC(C1)C2N. The first-order chi connectivity index (χ1) is 11.1. The Morgan fingerprint density at radius 3 is 2.39 bits per heavy atom. The summed E-state index contributed by atoms with van der Waals surface area (Å²) < 4.78 is 0. The third-order valence-corrected chi connectivity index (χ3v) is 5.98. The van der Waals surface area contributed by atoms with Crippen molar-refractivity contribution >= 4 is 11.8 Å². The molecule has 0 spiro atoms. The molecule has 2 unspecified atom stereocenters. The number of hydrogen-bond acceptors (Lipinski definition) is 4. The lowest BCUT2D eigenvalue weighted by atomic mass is 9.65. The fourth-order valence-electron chi connectivity index (χ4n) is 4.60. The fraction of sp³-hybridized carbons (Fsp3) is 0.882. The summed E-state index contributed by atoms with van der Waals surface area (Å²) in [7, 11) is 1.77. The number of nitrogens with zero attached hydrogens (tertiary/aromatic N) is 2. The van der Waals surface area contributed by atoms with Crippen molar-refractivity contribution in [1.82, 2.24) is 15.1 Å². The van der Waals surface area contributed by atoms with Crippen molar-refractivity contribution in [3.63, 3.8) is 0 Å². The molecule has 2 atom stereocenters. The molecule has 0 aromatic carbocycles. The number of carbonyl (C=O) groups excluding carboxylic acids is 2. The lowest BCUT2D eigenvalue weighted by Crippen LogP contribution is -2.52. The van der Waals surface area contributed by atoms with Crippen molar-refractivity contribution in [2.24, 2.45) is 23.5 Å². The number of amides is 2. The molecule has 2 saturated carbocycles. The number of piperazine rings is 1. The molecule has 1 heterocycles. The minimum Gasteiger partial charge on any atom is -0.339 e. The topological polar surface area (TPSA) is 78.7 Å². The van der Waals surface area contributed by atoms with Crippen LogP contribution in [0.3, 0.4) is 0 Å². The average Bonchev–Trinajstić information content (AvgIpc) is 2.54.